The molecule has 0 radical (unpaired) electrons. The number of carbonyl (C=O) groups is 2. The molecule has 0 saturated carbocycles. The van der Waals surface area contributed by atoms with E-state index in [0.717, 1.165) is 12.8 Å². The number of benzene rings is 1. The molecule has 10 nitrogen and oxygen atoms in total. The van der Waals surface area contributed by atoms with Gasteiger partial charge in [0.1, 0.15) is 12.4 Å². The summed E-state index contributed by atoms with van der Waals surface area (Å²) < 4.78 is 62.7. The van der Waals surface area contributed by atoms with Gasteiger partial charge in [0.2, 0.25) is 5.16 Å². The Kier molecular flexibility index (Phi) is 10.5. The fourth-order valence-corrected chi connectivity index (χ4v) is 4.93. The lowest BCUT2D eigenvalue weighted by Crippen LogP contribution is -2.36. The van der Waals surface area contributed by atoms with Gasteiger partial charge < -0.3 is 19.3 Å². The van der Waals surface area contributed by atoms with Crippen LogP contribution in [0.1, 0.15) is 31.0 Å². The normalized spacial score (nSPS) is 12.3. The Bertz CT molecular complexity index is 1360. The maximum absolute atomic E-state index is 13.5. The Labute approximate surface area is 232 Å². The summed E-state index contributed by atoms with van der Waals surface area (Å²) in [7, 11) is 1.25. The fraction of sp³-hybridized carbons (Fsp3) is 0.462. The molecule has 0 saturated heterocycles. The minimum absolute atomic E-state index is 0.0291. The molecule has 3 aromatic rings. The van der Waals surface area contributed by atoms with Crippen molar-refractivity contribution in [3.63, 3.8) is 0 Å². The van der Waals surface area contributed by atoms with Gasteiger partial charge in [-0.1, -0.05) is 25.5 Å². The number of carbonyl (C=O) groups excluding carboxylic acids is 2. The van der Waals surface area contributed by atoms with Crippen LogP contribution in [-0.2, 0) is 21.3 Å². The summed E-state index contributed by atoms with van der Waals surface area (Å²) in [6.07, 6.45) is -1.96. The fourth-order valence-electron chi connectivity index (χ4n) is 3.68. The van der Waals surface area contributed by atoms with Gasteiger partial charge in [-0.05, 0) is 31.5 Å². The molecule has 0 N–H and O–H groups in total. The highest BCUT2D eigenvalue weighted by molar-refractivity contribution is 7.84. The maximum atomic E-state index is 13.5. The third-order valence-corrected chi connectivity index (χ3v) is 7.20. The van der Waals surface area contributed by atoms with Crippen molar-refractivity contribution >= 4 is 34.0 Å². The molecule has 3 rings (SSSR count). The van der Waals surface area contributed by atoms with E-state index < -0.39 is 35.7 Å². The Morgan fingerprint density at radius 2 is 1.82 bits per heavy atom. The highest BCUT2D eigenvalue weighted by Gasteiger charge is 2.29. The lowest BCUT2D eigenvalue weighted by molar-refractivity contribution is -0.153. The molecule has 0 aliphatic rings. The van der Waals surface area contributed by atoms with E-state index in [0.29, 0.717) is 23.1 Å². The van der Waals surface area contributed by atoms with E-state index in [1.54, 1.807) is 31.3 Å². The predicted molar refractivity (Wildman–Crippen MR) is 143 cm³/mol. The summed E-state index contributed by atoms with van der Waals surface area (Å²) in [5.74, 6) is -0.240. The first-order chi connectivity index (χ1) is 18.9. The van der Waals surface area contributed by atoms with Crippen molar-refractivity contribution in [2.45, 2.75) is 43.8 Å². The zero-order valence-electron chi connectivity index (χ0n) is 22.7. The Balaban J connectivity index is 1.78. The van der Waals surface area contributed by atoms with E-state index in [2.05, 4.69) is 9.97 Å². The molecule has 2 aromatic heterocycles. The molecule has 0 aliphatic heterocycles. The van der Waals surface area contributed by atoms with E-state index in [-0.39, 0.29) is 35.5 Å². The number of nitrogens with zero attached hydrogens (tertiary/aromatic N) is 5. The number of para-hydroxylation sites is 2. The zero-order valence-corrected chi connectivity index (χ0v) is 23.5. The lowest BCUT2D eigenvalue weighted by Gasteiger charge is -2.21. The van der Waals surface area contributed by atoms with Crippen molar-refractivity contribution in [3.8, 4) is 5.75 Å². The van der Waals surface area contributed by atoms with E-state index in [9.17, 15) is 27.0 Å². The number of alkyl halides is 3. The number of halogens is 3. The minimum atomic E-state index is -4.51. The van der Waals surface area contributed by atoms with Crippen LogP contribution < -0.4 is 4.74 Å². The van der Waals surface area contributed by atoms with Gasteiger partial charge in [0, 0.05) is 32.4 Å². The summed E-state index contributed by atoms with van der Waals surface area (Å²) in [4.78, 5) is 37.0. The molecule has 0 aliphatic carbocycles. The maximum Gasteiger partial charge on any atom is 0.422 e. The molecule has 14 heteroatoms. The molecule has 0 spiro atoms. The van der Waals surface area contributed by atoms with Gasteiger partial charge in [-0.25, -0.2) is 19.1 Å². The van der Waals surface area contributed by atoms with Crippen LogP contribution in [0.15, 0.2) is 41.7 Å². The molecule has 218 valence electrons. The number of rotatable bonds is 11. The van der Waals surface area contributed by atoms with Crippen LogP contribution in [0.4, 0.5) is 22.8 Å². The number of amides is 2. The molecule has 0 unspecified atom stereocenters. The van der Waals surface area contributed by atoms with Crippen molar-refractivity contribution in [1.29, 1.82) is 0 Å². The lowest BCUT2D eigenvalue weighted by atomic mass is 10.2. The molecule has 2 heterocycles. The van der Waals surface area contributed by atoms with Crippen LogP contribution in [0.3, 0.4) is 0 Å². The quantitative estimate of drug-likeness (QED) is 0.321. The first-order valence-corrected chi connectivity index (χ1v) is 13.9. The van der Waals surface area contributed by atoms with Crippen LogP contribution in [-0.4, -0.2) is 87.2 Å². The summed E-state index contributed by atoms with van der Waals surface area (Å²) in [6.45, 7) is 2.66. The molecular weight excluding hydrogens is 551 g/mol. The number of likely N-dealkylation sites (N-methyl/N-ethyl adjacent to an activating group) is 1. The third-order valence-electron chi connectivity index (χ3n) is 5.98. The standard InChI is InChI=1S/C26H32F3N5O5S/c1-5-6-13-33(4)25(36)38-15-14-32(3)24(35)34-21-10-8-7-9-19(21)31-23(34)40(37)16-20-18(2)22(11-12-30-20)39-17-26(27,28)29/h7-12H,5-6,13-17H2,1-4H3/t40-/m1/s1. The van der Waals surface area contributed by atoms with Gasteiger partial charge in [-0.15, -0.1) is 0 Å². The van der Waals surface area contributed by atoms with Crippen molar-refractivity contribution in [2.24, 2.45) is 0 Å². The number of aromatic nitrogens is 3. The second-order valence-electron chi connectivity index (χ2n) is 9.09. The SMILES string of the molecule is CCCCN(C)C(=O)OCCN(C)C(=O)n1c([S@](=O)Cc2nccc(OCC(F)(F)F)c2C)nc2ccccc21. The molecule has 2 amide bonds. The Hall–Kier alpha value is -3.68. The van der Waals surface area contributed by atoms with Crippen LogP contribution >= 0.6 is 0 Å². The number of fused-ring (bicyclic) bond motifs is 1. The highest BCUT2D eigenvalue weighted by Crippen LogP contribution is 2.26. The highest BCUT2D eigenvalue weighted by atomic mass is 32.2. The number of imidazole rings is 1. The number of ether oxygens (including phenoxy) is 2. The molecule has 0 bridgehead atoms. The van der Waals surface area contributed by atoms with Crippen molar-refractivity contribution in [3.05, 3.63) is 47.8 Å². The molecular formula is C26H32F3N5O5S. The van der Waals surface area contributed by atoms with Gasteiger partial charge in [0.05, 0.1) is 39.8 Å². The van der Waals surface area contributed by atoms with Crippen molar-refractivity contribution < 1.29 is 36.4 Å². The first kappa shape index (κ1) is 30.9. The van der Waals surface area contributed by atoms with Gasteiger partial charge in [0.15, 0.2) is 6.61 Å². The largest absolute Gasteiger partial charge is 0.484 e. The smallest absolute Gasteiger partial charge is 0.422 e. The van der Waals surface area contributed by atoms with Gasteiger partial charge in [0.25, 0.3) is 0 Å². The van der Waals surface area contributed by atoms with Crippen molar-refractivity contribution in [1.82, 2.24) is 24.3 Å². The van der Waals surface area contributed by atoms with Gasteiger partial charge in [-0.3, -0.25) is 9.19 Å². The number of pyridine rings is 1. The summed E-state index contributed by atoms with van der Waals surface area (Å²) in [5, 5.41) is -0.0443. The van der Waals surface area contributed by atoms with Crippen LogP contribution in [0, 0.1) is 6.92 Å². The third kappa shape index (κ3) is 7.93. The molecule has 1 atom stereocenters. The first-order valence-electron chi connectivity index (χ1n) is 12.6. The Morgan fingerprint density at radius 3 is 2.52 bits per heavy atom. The molecule has 40 heavy (non-hydrogen) atoms. The van der Waals surface area contributed by atoms with E-state index in [4.69, 9.17) is 9.47 Å². The second kappa shape index (κ2) is 13.6. The average Bonchev–Trinajstić information content (AvgIpc) is 3.30. The average molecular weight is 584 g/mol. The van der Waals surface area contributed by atoms with Crippen LogP contribution in [0.2, 0.25) is 0 Å². The number of hydrogen-bond acceptors (Lipinski definition) is 7. The van der Waals surface area contributed by atoms with Crippen LogP contribution in [0.5, 0.6) is 5.75 Å². The van der Waals surface area contributed by atoms with Crippen molar-refractivity contribution in [2.75, 3.05) is 40.4 Å². The number of hydrogen-bond donors (Lipinski definition) is 0. The Morgan fingerprint density at radius 1 is 1.10 bits per heavy atom. The topological polar surface area (TPSA) is 107 Å². The van der Waals surface area contributed by atoms with E-state index in [1.165, 1.54) is 40.6 Å². The van der Waals surface area contributed by atoms with E-state index in [1.807, 2.05) is 6.92 Å². The van der Waals surface area contributed by atoms with Crippen LogP contribution in [0.25, 0.3) is 11.0 Å². The number of unbranched alkanes of at least 4 members (excludes halogenated alkanes) is 1. The summed E-state index contributed by atoms with van der Waals surface area (Å²) in [6, 6.07) is 7.52. The van der Waals surface area contributed by atoms with Gasteiger partial charge >= 0.3 is 18.3 Å². The molecule has 1 aromatic carbocycles. The second-order valence-corrected chi connectivity index (χ2v) is 10.4. The monoisotopic (exact) mass is 583 g/mol. The zero-order chi connectivity index (χ0) is 29.4. The van der Waals surface area contributed by atoms with Gasteiger partial charge in [-0.2, -0.15) is 13.2 Å². The molecule has 0 fully saturated rings. The summed E-state index contributed by atoms with van der Waals surface area (Å²) in [5.41, 5.74) is 1.41. The van der Waals surface area contributed by atoms with E-state index >= 15 is 0 Å². The minimum Gasteiger partial charge on any atom is -0.484 e. The predicted octanol–water partition coefficient (Wildman–Crippen LogP) is 4.76. The summed E-state index contributed by atoms with van der Waals surface area (Å²) >= 11 is 0.